The molecule has 1 aromatic carbocycles. The van der Waals surface area contributed by atoms with Crippen molar-refractivity contribution in [3.8, 4) is 0 Å². The van der Waals surface area contributed by atoms with E-state index in [1.807, 2.05) is 6.07 Å². The number of rotatable bonds is 9. The molecule has 0 aliphatic carbocycles. The highest BCUT2D eigenvalue weighted by Crippen LogP contribution is 2.07. The largest absolute Gasteiger partial charge is 0.395 e. The molecule has 0 saturated heterocycles. The first kappa shape index (κ1) is 14.2. The van der Waals surface area contributed by atoms with E-state index in [0.29, 0.717) is 0 Å². The predicted molar refractivity (Wildman–Crippen MR) is 72.9 cm³/mol. The van der Waals surface area contributed by atoms with Gasteiger partial charge in [0.2, 0.25) is 0 Å². The van der Waals surface area contributed by atoms with Crippen LogP contribution in [0.5, 0.6) is 0 Å². The van der Waals surface area contributed by atoms with E-state index in [0.717, 1.165) is 19.6 Å². The summed E-state index contributed by atoms with van der Waals surface area (Å²) < 4.78 is 0. The molecule has 0 fully saturated rings. The van der Waals surface area contributed by atoms with Crippen molar-refractivity contribution < 1.29 is 5.11 Å². The molecular formula is C15H25NO. The van der Waals surface area contributed by atoms with Crippen molar-refractivity contribution in [2.45, 2.75) is 39.2 Å². The SMILES string of the molecule is CCCCCCN(CCO)Cc1ccccc1. The number of unbranched alkanes of at least 4 members (excludes halogenated alkanes) is 3. The molecule has 0 radical (unpaired) electrons. The minimum Gasteiger partial charge on any atom is -0.395 e. The zero-order valence-corrected chi connectivity index (χ0v) is 10.9. The van der Waals surface area contributed by atoms with E-state index < -0.39 is 0 Å². The first-order valence-corrected chi connectivity index (χ1v) is 6.74. The lowest BCUT2D eigenvalue weighted by Crippen LogP contribution is -2.27. The summed E-state index contributed by atoms with van der Waals surface area (Å²) in [7, 11) is 0. The van der Waals surface area contributed by atoms with Gasteiger partial charge in [-0.2, -0.15) is 0 Å². The molecule has 0 heterocycles. The van der Waals surface area contributed by atoms with Crippen molar-refractivity contribution >= 4 is 0 Å². The third kappa shape index (κ3) is 6.44. The average molecular weight is 235 g/mol. The topological polar surface area (TPSA) is 23.5 Å². The molecule has 0 bridgehead atoms. The van der Waals surface area contributed by atoms with Crippen molar-refractivity contribution in [3.63, 3.8) is 0 Å². The van der Waals surface area contributed by atoms with E-state index in [1.165, 1.54) is 31.2 Å². The Kier molecular flexibility index (Phi) is 7.69. The standard InChI is InChI=1S/C15H25NO/c1-2-3-4-8-11-16(12-13-17)14-15-9-6-5-7-10-15/h5-7,9-10,17H,2-4,8,11-14H2,1H3. The van der Waals surface area contributed by atoms with Crippen LogP contribution in [0.25, 0.3) is 0 Å². The molecule has 17 heavy (non-hydrogen) atoms. The van der Waals surface area contributed by atoms with Crippen LogP contribution < -0.4 is 0 Å². The van der Waals surface area contributed by atoms with E-state index in [4.69, 9.17) is 5.11 Å². The maximum atomic E-state index is 9.08. The Morgan fingerprint density at radius 2 is 1.76 bits per heavy atom. The van der Waals surface area contributed by atoms with E-state index >= 15 is 0 Å². The summed E-state index contributed by atoms with van der Waals surface area (Å²) >= 11 is 0. The van der Waals surface area contributed by atoms with Crippen LogP contribution >= 0.6 is 0 Å². The Morgan fingerprint density at radius 1 is 1.00 bits per heavy atom. The van der Waals surface area contributed by atoms with Gasteiger partial charge in [-0.1, -0.05) is 56.5 Å². The number of aliphatic hydroxyl groups excluding tert-OH is 1. The minimum absolute atomic E-state index is 0.251. The van der Waals surface area contributed by atoms with Gasteiger partial charge >= 0.3 is 0 Å². The molecule has 0 atom stereocenters. The zero-order chi connectivity index (χ0) is 12.3. The molecule has 1 aromatic rings. The summed E-state index contributed by atoms with van der Waals surface area (Å²) in [4.78, 5) is 2.34. The first-order valence-electron chi connectivity index (χ1n) is 6.74. The highest BCUT2D eigenvalue weighted by Gasteiger charge is 2.04. The van der Waals surface area contributed by atoms with Crippen molar-refractivity contribution in [2.75, 3.05) is 19.7 Å². The van der Waals surface area contributed by atoms with E-state index in [-0.39, 0.29) is 6.61 Å². The molecule has 1 rings (SSSR count). The van der Waals surface area contributed by atoms with Crippen molar-refractivity contribution in [1.82, 2.24) is 4.90 Å². The van der Waals surface area contributed by atoms with Crippen LogP contribution in [0.2, 0.25) is 0 Å². The summed E-state index contributed by atoms with van der Waals surface area (Å²) in [5, 5.41) is 9.08. The summed E-state index contributed by atoms with van der Waals surface area (Å²) in [6.07, 6.45) is 5.13. The number of benzene rings is 1. The van der Waals surface area contributed by atoms with Gasteiger partial charge in [0.15, 0.2) is 0 Å². The monoisotopic (exact) mass is 235 g/mol. The third-order valence-electron chi connectivity index (χ3n) is 2.99. The van der Waals surface area contributed by atoms with E-state index in [2.05, 4.69) is 36.1 Å². The zero-order valence-electron chi connectivity index (χ0n) is 10.9. The van der Waals surface area contributed by atoms with Crippen LogP contribution in [-0.2, 0) is 6.54 Å². The Bertz CT molecular complexity index is 274. The Balaban J connectivity index is 2.32. The second-order valence-corrected chi connectivity index (χ2v) is 4.55. The van der Waals surface area contributed by atoms with Crippen LogP contribution in [-0.4, -0.2) is 29.7 Å². The molecular weight excluding hydrogens is 210 g/mol. The predicted octanol–water partition coefficient (Wildman–Crippen LogP) is 3.06. The lowest BCUT2D eigenvalue weighted by molar-refractivity contribution is 0.187. The van der Waals surface area contributed by atoms with Gasteiger partial charge in [-0.3, -0.25) is 4.90 Å². The Morgan fingerprint density at radius 3 is 2.41 bits per heavy atom. The molecule has 0 saturated carbocycles. The number of nitrogens with zero attached hydrogens (tertiary/aromatic N) is 1. The van der Waals surface area contributed by atoms with Crippen LogP contribution in [0.15, 0.2) is 30.3 Å². The highest BCUT2D eigenvalue weighted by atomic mass is 16.3. The molecule has 0 amide bonds. The second kappa shape index (κ2) is 9.20. The van der Waals surface area contributed by atoms with Gasteiger partial charge < -0.3 is 5.11 Å². The molecule has 0 spiro atoms. The van der Waals surface area contributed by atoms with E-state index in [9.17, 15) is 0 Å². The molecule has 96 valence electrons. The van der Waals surface area contributed by atoms with Crippen molar-refractivity contribution in [1.29, 1.82) is 0 Å². The van der Waals surface area contributed by atoms with Crippen LogP contribution in [0, 0.1) is 0 Å². The maximum absolute atomic E-state index is 9.08. The summed E-state index contributed by atoms with van der Waals surface area (Å²) in [6.45, 7) is 5.31. The molecule has 0 aromatic heterocycles. The molecule has 0 aliphatic rings. The second-order valence-electron chi connectivity index (χ2n) is 4.55. The van der Waals surface area contributed by atoms with Gasteiger partial charge in [-0.05, 0) is 18.5 Å². The summed E-state index contributed by atoms with van der Waals surface area (Å²) in [5.41, 5.74) is 1.33. The van der Waals surface area contributed by atoms with Gasteiger partial charge in [-0.25, -0.2) is 0 Å². The van der Waals surface area contributed by atoms with Crippen LogP contribution in [0.1, 0.15) is 38.2 Å². The van der Waals surface area contributed by atoms with Gasteiger partial charge in [-0.15, -0.1) is 0 Å². The van der Waals surface area contributed by atoms with Crippen molar-refractivity contribution in [3.05, 3.63) is 35.9 Å². The lowest BCUT2D eigenvalue weighted by atomic mass is 10.1. The van der Waals surface area contributed by atoms with E-state index in [1.54, 1.807) is 0 Å². The third-order valence-corrected chi connectivity index (χ3v) is 2.99. The van der Waals surface area contributed by atoms with Gasteiger partial charge in [0.05, 0.1) is 6.61 Å². The van der Waals surface area contributed by atoms with Crippen molar-refractivity contribution in [2.24, 2.45) is 0 Å². The van der Waals surface area contributed by atoms with Gasteiger partial charge in [0.25, 0.3) is 0 Å². The smallest absolute Gasteiger partial charge is 0.0558 e. The molecule has 2 nitrogen and oxygen atoms in total. The summed E-state index contributed by atoms with van der Waals surface area (Å²) in [5.74, 6) is 0. The minimum atomic E-state index is 0.251. The number of aliphatic hydroxyl groups is 1. The fourth-order valence-corrected chi connectivity index (χ4v) is 2.02. The fourth-order valence-electron chi connectivity index (χ4n) is 2.02. The Labute approximate surface area is 105 Å². The average Bonchev–Trinajstić information content (AvgIpc) is 2.36. The highest BCUT2D eigenvalue weighted by molar-refractivity contribution is 5.14. The quantitative estimate of drug-likeness (QED) is 0.665. The van der Waals surface area contributed by atoms with Gasteiger partial charge in [0.1, 0.15) is 0 Å². The molecule has 0 aliphatic heterocycles. The molecule has 2 heteroatoms. The maximum Gasteiger partial charge on any atom is 0.0558 e. The normalized spacial score (nSPS) is 11.0. The molecule has 0 unspecified atom stereocenters. The van der Waals surface area contributed by atoms with Crippen LogP contribution in [0.3, 0.4) is 0 Å². The van der Waals surface area contributed by atoms with Crippen LogP contribution in [0.4, 0.5) is 0 Å². The van der Waals surface area contributed by atoms with Gasteiger partial charge in [0, 0.05) is 13.1 Å². The fraction of sp³-hybridized carbons (Fsp3) is 0.600. The number of hydrogen-bond acceptors (Lipinski definition) is 2. The first-order chi connectivity index (χ1) is 8.36. The lowest BCUT2D eigenvalue weighted by Gasteiger charge is -2.21. The number of hydrogen-bond donors (Lipinski definition) is 1. The molecule has 1 N–H and O–H groups in total. The summed E-state index contributed by atoms with van der Waals surface area (Å²) in [6, 6.07) is 10.5. The Hall–Kier alpha value is -0.860.